The summed E-state index contributed by atoms with van der Waals surface area (Å²) in [6, 6.07) is 7.10. The molecule has 1 saturated heterocycles. The number of rotatable bonds is 4. The molecule has 1 aromatic carbocycles. The molecule has 7 heteroatoms. The maximum Gasteiger partial charge on any atom is 0.254 e. The Balaban J connectivity index is 1.47. The van der Waals surface area contributed by atoms with Gasteiger partial charge in [-0.25, -0.2) is 4.98 Å². The number of aromatic nitrogens is 2. The van der Waals surface area contributed by atoms with Crippen molar-refractivity contribution in [2.75, 3.05) is 26.3 Å². The predicted molar refractivity (Wildman–Crippen MR) is 104 cm³/mol. The maximum atomic E-state index is 13.0. The van der Waals surface area contributed by atoms with Crippen LogP contribution in [0.4, 0.5) is 0 Å². The molecule has 4 rings (SSSR count). The Bertz CT molecular complexity index is 857. The van der Waals surface area contributed by atoms with Crippen LogP contribution in [-0.4, -0.2) is 52.6 Å². The Morgan fingerprint density at radius 1 is 1.29 bits per heavy atom. The summed E-state index contributed by atoms with van der Waals surface area (Å²) in [4.78, 5) is 31.9. The van der Waals surface area contributed by atoms with Crippen LogP contribution in [0.5, 0.6) is 0 Å². The predicted octanol–water partition coefficient (Wildman–Crippen LogP) is 1.93. The van der Waals surface area contributed by atoms with Crippen molar-refractivity contribution in [1.29, 1.82) is 0 Å². The number of aryl methyl sites for hydroxylation is 1. The quantitative estimate of drug-likeness (QED) is 0.877. The molecule has 2 aromatic rings. The van der Waals surface area contributed by atoms with E-state index in [2.05, 4.69) is 10.3 Å². The van der Waals surface area contributed by atoms with Gasteiger partial charge in [-0.2, -0.15) is 0 Å². The number of benzene rings is 1. The first-order valence-electron chi connectivity index (χ1n) is 9.84. The van der Waals surface area contributed by atoms with Gasteiger partial charge >= 0.3 is 0 Å². The molecule has 28 heavy (non-hydrogen) atoms. The first kappa shape index (κ1) is 18.7. The Labute approximate surface area is 164 Å². The fourth-order valence-electron chi connectivity index (χ4n) is 3.93. The van der Waals surface area contributed by atoms with Crippen LogP contribution < -0.4 is 5.32 Å². The Morgan fingerprint density at radius 2 is 2.11 bits per heavy atom. The third kappa shape index (κ3) is 3.94. The van der Waals surface area contributed by atoms with Crippen molar-refractivity contribution in [1.82, 2.24) is 19.8 Å². The van der Waals surface area contributed by atoms with Crippen LogP contribution in [0.25, 0.3) is 0 Å². The highest BCUT2D eigenvalue weighted by atomic mass is 16.5. The molecule has 0 radical (unpaired) electrons. The molecular weight excluding hydrogens is 356 g/mol. The zero-order valence-corrected chi connectivity index (χ0v) is 16.1. The van der Waals surface area contributed by atoms with Crippen molar-refractivity contribution in [3.63, 3.8) is 0 Å². The van der Waals surface area contributed by atoms with Gasteiger partial charge in [0.15, 0.2) is 0 Å². The lowest BCUT2D eigenvalue weighted by Gasteiger charge is -2.34. The molecule has 1 fully saturated rings. The first-order chi connectivity index (χ1) is 13.6. The molecule has 0 unspecified atom stereocenters. The van der Waals surface area contributed by atoms with Crippen molar-refractivity contribution in [3.8, 4) is 0 Å². The molecule has 2 aliphatic rings. The van der Waals surface area contributed by atoms with Crippen LogP contribution in [0.15, 0.2) is 36.8 Å². The van der Waals surface area contributed by atoms with Gasteiger partial charge in [0.05, 0.1) is 25.1 Å². The number of imidazole rings is 1. The van der Waals surface area contributed by atoms with Gasteiger partial charge in [0.25, 0.3) is 5.91 Å². The van der Waals surface area contributed by atoms with Crippen LogP contribution in [-0.2, 0) is 16.1 Å². The van der Waals surface area contributed by atoms with Gasteiger partial charge in [0.1, 0.15) is 6.04 Å². The zero-order chi connectivity index (χ0) is 19.5. The van der Waals surface area contributed by atoms with E-state index in [1.807, 2.05) is 35.8 Å². The average Bonchev–Trinajstić information content (AvgIpc) is 3.20. The molecule has 7 nitrogen and oxygen atoms in total. The highest BCUT2D eigenvalue weighted by Gasteiger charge is 2.33. The number of nitrogens with one attached hydrogen (secondary N) is 1. The van der Waals surface area contributed by atoms with E-state index in [4.69, 9.17) is 4.74 Å². The minimum Gasteiger partial charge on any atom is -0.381 e. The van der Waals surface area contributed by atoms with Gasteiger partial charge in [-0.1, -0.05) is 17.7 Å². The fourth-order valence-corrected chi connectivity index (χ4v) is 3.93. The van der Waals surface area contributed by atoms with Crippen molar-refractivity contribution in [2.45, 2.75) is 32.4 Å². The number of nitrogens with zero attached hydrogens (tertiary/aromatic N) is 3. The Hall–Kier alpha value is -2.67. The number of carbonyl (C=O) groups is 2. The Kier molecular flexibility index (Phi) is 5.43. The molecule has 0 bridgehead atoms. The number of hydrogen-bond acceptors (Lipinski definition) is 4. The van der Waals surface area contributed by atoms with E-state index in [0.29, 0.717) is 31.1 Å². The van der Waals surface area contributed by atoms with E-state index in [9.17, 15) is 9.59 Å². The molecule has 1 atom stereocenters. The first-order valence-corrected chi connectivity index (χ1v) is 9.84. The average molecular weight is 382 g/mol. The van der Waals surface area contributed by atoms with E-state index in [1.165, 1.54) is 0 Å². The van der Waals surface area contributed by atoms with Gasteiger partial charge in [-0.15, -0.1) is 0 Å². The maximum absolute atomic E-state index is 13.0. The minimum atomic E-state index is -0.458. The lowest BCUT2D eigenvalue weighted by molar-refractivity contribution is -0.125. The molecule has 1 N–H and O–H groups in total. The largest absolute Gasteiger partial charge is 0.381 e. The van der Waals surface area contributed by atoms with Gasteiger partial charge in [0.2, 0.25) is 5.91 Å². The van der Waals surface area contributed by atoms with Gasteiger partial charge in [0, 0.05) is 31.5 Å². The van der Waals surface area contributed by atoms with Crippen molar-refractivity contribution in [2.24, 2.45) is 5.92 Å². The topological polar surface area (TPSA) is 76.5 Å². The van der Waals surface area contributed by atoms with Crippen LogP contribution in [0.3, 0.4) is 0 Å². The normalized spacial score (nSPS) is 19.9. The second-order valence-electron chi connectivity index (χ2n) is 7.66. The highest BCUT2D eigenvalue weighted by Crippen LogP contribution is 2.23. The van der Waals surface area contributed by atoms with Gasteiger partial charge in [-0.05, 0) is 37.8 Å². The molecule has 0 spiro atoms. The molecule has 2 amide bonds. The van der Waals surface area contributed by atoms with E-state index in [-0.39, 0.29) is 11.8 Å². The monoisotopic (exact) mass is 382 g/mol. The standard InChI is InChI=1S/C21H26N4O3/c1-15-3-2-4-17(9-15)21(27)24-12-18-11-22-14-25(18)19(13-24)20(26)23-10-16-5-7-28-8-6-16/h2-4,9,11,14,16,19H,5-8,10,12-13H2,1H3,(H,23,26)/t19-/m0/s1. The minimum absolute atomic E-state index is 0.0571. The molecular formula is C21H26N4O3. The van der Waals surface area contributed by atoms with E-state index < -0.39 is 6.04 Å². The van der Waals surface area contributed by atoms with E-state index in [1.54, 1.807) is 17.4 Å². The van der Waals surface area contributed by atoms with Crippen molar-refractivity contribution >= 4 is 11.8 Å². The van der Waals surface area contributed by atoms with Gasteiger partial charge < -0.3 is 19.5 Å². The third-order valence-corrected chi connectivity index (χ3v) is 5.59. The summed E-state index contributed by atoms with van der Waals surface area (Å²) in [5, 5.41) is 3.08. The van der Waals surface area contributed by atoms with E-state index >= 15 is 0 Å². The van der Waals surface area contributed by atoms with Crippen LogP contribution in [0.2, 0.25) is 0 Å². The second kappa shape index (κ2) is 8.14. The molecule has 148 valence electrons. The lowest BCUT2D eigenvalue weighted by Crippen LogP contribution is -2.47. The summed E-state index contributed by atoms with van der Waals surface area (Å²) >= 11 is 0. The lowest BCUT2D eigenvalue weighted by atomic mass is 10.0. The van der Waals surface area contributed by atoms with Crippen molar-refractivity contribution < 1.29 is 14.3 Å². The van der Waals surface area contributed by atoms with Crippen LogP contribution in [0, 0.1) is 12.8 Å². The second-order valence-corrected chi connectivity index (χ2v) is 7.66. The molecule has 0 saturated carbocycles. The summed E-state index contributed by atoms with van der Waals surface area (Å²) in [7, 11) is 0. The van der Waals surface area contributed by atoms with E-state index in [0.717, 1.165) is 37.3 Å². The number of carbonyl (C=O) groups excluding carboxylic acids is 2. The number of ether oxygens (including phenoxy) is 1. The van der Waals surface area contributed by atoms with Crippen molar-refractivity contribution in [3.05, 3.63) is 53.6 Å². The summed E-state index contributed by atoms with van der Waals surface area (Å²) in [6.45, 7) is 4.93. The number of amides is 2. The zero-order valence-electron chi connectivity index (χ0n) is 16.1. The highest BCUT2D eigenvalue weighted by molar-refractivity contribution is 5.95. The Morgan fingerprint density at radius 3 is 2.89 bits per heavy atom. The fraction of sp³-hybridized carbons (Fsp3) is 0.476. The molecule has 3 heterocycles. The summed E-state index contributed by atoms with van der Waals surface area (Å²) in [6.07, 6.45) is 5.36. The number of hydrogen-bond donors (Lipinski definition) is 1. The summed E-state index contributed by atoms with van der Waals surface area (Å²) in [5.41, 5.74) is 2.56. The summed E-state index contributed by atoms with van der Waals surface area (Å²) < 4.78 is 7.27. The third-order valence-electron chi connectivity index (χ3n) is 5.59. The molecule has 2 aliphatic heterocycles. The smallest absolute Gasteiger partial charge is 0.254 e. The molecule has 0 aliphatic carbocycles. The van der Waals surface area contributed by atoms with Crippen LogP contribution >= 0.6 is 0 Å². The molecule has 1 aromatic heterocycles. The van der Waals surface area contributed by atoms with Gasteiger partial charge in [-0.3, -0.25) is 9.59 Å². The number of fused-ring (bicyclic) bond motifs is 1. The SMILES string of the molecule is Cc1cccc(C(=O)N2Cc3cncn3[C@H](C(=O)NCC3CCOCC3)C2)c1. The summed E-state index contributed by atoms with van der Waals surface area (Å²) in [5.74, 6) is 0.333. The van der Waals surface area contributed by atoms with Crippen LogP contribution in [0.1, 0.15) is 40.5 Å².